The van der Waals surface area contributed by atoms with E-state index in [0.29, 0.717) is 19.4 Å². The SMILES string of the molecule is CCNCCNC(=O)CCc1nc2ccccc2n1-c1ccccc1. The van der Waals surface area contributed by atoms with Crippen LogP contribution in [0, 0.1) is 0 Å². The number of carbonyl (C=O) groups excluding carboxylic acids is 1. The van der Waals surface area contributed by atoms with Crippen molar-refractivity contribution in [3.63, 3.8) is 0 Å². The summed E-state index contributed by atoms with van der Waals surface area (Å²) >= 11 is 0. The highest BCUT2D eigenvalue weighted by Crippen LogP contribution is 2.22. The van der Waals surface area contributed by atoms with Crippen LogP contribution in [0.4, 0.5) is 0 Å². The summed E-state index contributed by atoms with van der Waals surface area (Å²) in [4.78, 5) is 16.8. The number of carbonyl (C=O) groups is 1. The molecule has 1 aromatic heterocycles. The number of fused-ring (bicyclic) bond motifs is 1. The van der Waals surface area contributed by atoms with Gasteiger partial charge in [-0.05, 0) is 30.8 Å². The number of rotatable bonds is 8. The lowest BCUT2D eigenvalue weighted by Crippen LogP contribution is -2.31. The summed E-state index contributed by atoms with van der Waals surface area (Å²) in [5, 5.41) is 6.14. The van der Waals surface area contributed by atoms with Crippen LogP contribution in [-0.4, -0.2) is 35.1 Å². The minimum absolute atomic E-state index is 0.0598. The van der Waals surface area contributed by atoms with Gasteiger partial charge in [-0.1, -0.05) is 37.3 Å². The van der Waals surface area contributed by atoms with Crippen LogP contribution in [0.2, 0.25) is 0 Å². The first kappa shape index (κ1) is 17.2. The molecule has 0 aliphatic heterocycles. The van der Waals surface area contributed by atoms with Crippen LogP contribution in [-0.2, 0) is 11.2 Å². The van der Waals surface area contributed by atoms with Gasteiger partial charge in [0.05, 0.1) is 11.0 Å². The summed E-state index contributed by atoms with van der Waals surface area (Å²) in [7, 11) is 0. The van der Waals surface area contributed by atoms with E-state index in [2.05, 4.69) is 40.3 Å². The molecule has 2 aromatic carbocycles. The van der Waals surface area contributed by atoms with Crippen molar-refractivity contribution >= 4 is 16.9 Å². The molecule has 1 amide bonds. The average molecular weight is 336 g/mol. The molecular weight excluding hydrogens is 312 g/mol. The van der Waals surface area contributed by atoms with Gasteiger partial charge in [0.1, 0.15) is 5.82 Å². The van der Waals surface area contributed by atoms with Crippen molar-refractivity contribution in [2.75, 3.05) is 19.6 Å². The summed E-state index contributed by atoms with van der Waals surface area (Å²) in [5.41, 5.74) is 3.09. The number of likely N-dealkylation sites (N-methyl/N-ethyl adjacent to an activating group) is 1. The Balaban J connectivity index is 1.76. The second-order valence-corrected chi connectivity index (χ2v) is 5.89. The van der Waals surface area contributed by atoms with Gasteiger partial charge in [-0.25, -0.2) is 4.98 Å². The average Bonchev–Trinajstić information content (AvgIpc) is 3.02. The van der Waals surface area contributed by atoms with Gasteiger partial charge < -0.3 is 10.6 Å². The molecule has 0 spiro atoms. The third-order valence-electron chi connectivity index (χ3n) is 4.09. The van der Waals surface area contributed by atoms with Gasteiger partial charge in [0.2, 0.25) is 5.91 Å². The lowest BCUT2D eigenvalue weighted by atomic mass is 10.2. The fourth-order valence-electron chi connectivity index (χ4n) is 2.89. The molecule has 5 nitrogen and oxygen atoms in total. The monoisotopic (exact) mass is 336 g/mol. The lowest BCUT2D eigenvalue weighted by molar-refractivity contribution is -0.121. The Kier molecular flexibility index (Phi) is 5.80. The molecule has 0 aliphatic carbocycles. The van der Waals surface area contributed by atoms with Crippen LogP contribution in [0.3, 0.4) is 0 Å². The van der Waals surface area contributed by atoms with Crippen molar-refractivity contribution in [3.05, 3.63) is 60.4 Å². The zero-order valence-electron chi connectivity index (χ0n) is 14.5. The van der Waals surface area contributed by atoms with Gasteiger partial charge in [-0.2, -0.15) is 0 Å². The molecular formula is C20H24N4O. The Morgan fingerprint density at radius 2 is 1.80 bits per heavy atom. The summed E-state index contributed by atoms with van der Waals surface area (Å²) in [6.07, 6.45) is 1.04. The zero-order valence-corrected chi connectivity index (χ0v) is 14.5. The smallest absolute Gasteiger partial charge is 0.220 e. The topological polar surface area (TPSA) is 58.9 Å². The molecule has 0 fully saturated rings. The standard InChI is InChI=1S/C20H24N4O/c1-2-21-14-15-22-20(25)13-12-19-23-17-10-6-7-11-18(17)24(19)16-8-4-3-5-9-16/h3-11,21H,2,12-15H2,1H3,(H,22,25). The second kappa shape index (κ2) is 8.44. The lowest BCUT2D eigenvalue weighted by Gasteiger charge is -2.09. The van der Waals surface area contributed by atoms with E-state index in [4.69, 9.17) is 4.98 Å². The van der Waals surface area contributed by atoms with Crippen LogP contribution in [0.5, 0.6) is 0 Å². The Hall–Kier alpha value is -2.66. The fraction of sp³-hybridized carbons (Fsp3) is 0.300. The molecule has 0 saturated heterocycles. The minimum Gasteiger partial charge on any atom is -0.355 e. The first-order valence-corrected chi connectivity index (χ1v) is 8.79. The number of aryl methyl sites for hydroxylation is 1. The summed E-state index contributed by atoms with van der Waals surface area (Å²) < 4.78 is 2.14. The van der Waals surface area contributed by atoms with Gasteiger partial charge in [-0.15, -0.1) is 0 Å². The van der Waals surface area contributed by atoms with Crippen molar-refractivity contribution in [3.8, 4) is 5.69 Å². The van der Waals surface area contributed by atoms with Crippen molar-refractivity contribution in [2.24, 2.45) is 0 Å². The molecule has 3 aromatic rings. The molecule has 3 rings (SSSR count). The van der Waals surface area contributed by atoms with E-state index in [1.165, 1.54) is 0 Å². The molecule has 2 N–H and O–H groups in total. The normalized spacial score (nSPS) is 10.9. The van der Waals surface area contributed by atoms with Crippen LogP contribution < -0.4 is 10.6 Å². The van der Waals surface area contributed by atoms with E-state index in [-0.39, 0.29) is 5.91 Å². The van der Waals surface area contributed by atoms with Gasteiger partial charge >= 0.3 is 0 Å². The number of hydrogen-bond donors (Lipinski definition) is 2. The first-order chi connectivity index (χ1) is 12.3. The number of nitrogens with one attached hydrogen (secondary N) is 2. The Morgan fingerprint density at radius 1 is 1.04 bits per heavy atom. The van der Waals surface area contributed by atoms with Gasteiger partial charge in [-0.3, -0.25) is 9.36 Å². The van der Waals surface area contributed by atoms with Crippen molar-refractivity contribution in [1.29, 1.82) is 0 Å². The van der Waals surface area contributed by atoms with Crippen LogP contribution in [0.1, 0.15) is 19.2 Å². The fourth-order valence-corrected chi connectivity index (χ4v) is 2.89. The second-order valence-electron chi connectivity index (χ2n) is 5.89. The van der Waals surface area contributed by atoms with Crippen LogP contribution in [0.25, 0.3) is 16.7 Å². The van der Waals surface area contributed by atoms with E-state index in [1.54, 1.807) is 0 Å². The Morgan fingerprint density at radius 3 is 2.60 bits per heavy atom. The highest BCUT2D eigenvalue weighted by atomic mass is 16.1. The molecule has 5 heteroatoms. The Bertz CT molecular complexity index is 826. The molecule has 130 valence electrons. The van der Waals surface area contributed by atoms with Crippen LogP contribution >= 0.6 is 0 Å². The van der Waals surface area contributed by atoms with E-state index in [9.17, 15) is 4.79 Å². The maximum atomic E-state index is 12.1. The minimum atomic E-state index is 0.0598. The van der Waals surface area contributed by atoms with Crippen LogP contribution in [0.15, 0.2) is 54.6 Å². The molecule has 0 bridgehead atoms. The van der Waals surface area contributed by atoms with Crippen molar-refractivity contribution in [2.45, 2.75) is 19.8 Å². The maximum absolute atomic E-state index is 12.1. The highest BCUT2D eigenvalue weighted by molar-refractivity contribution is 5.79. The number of amides is 1. The number of imidazole rings is 1. The van der Waals surface area contributed by atoms with Gasteiger partial charge in [0.25, 0.3) is 0 Å². The maximum Gasteiger partial charge on any atom is 0.220 e. The molecule has 0 radical (unpaired) electrons. The molecule has 0 atom stereocenters. The third-order valence-corrected chi connectivity index (χ3v) is 4.09. The number of aromatic nitrogens is 2. The first-order valence-electron chi connectivity index (χ1n) is 8.79. The Labute approximate surface area is 148 Å². The zero-order chi connectivity index (χ0) is 17.5. The van der Waals surface area contributed by atoms with Gasteiger partial charge in [0, 0.05) is 31.6 Å². The van der Waals surface area contributed by atoms with E-state index in [0.717, 1.165) is 35.6 Å². The predicted molar refractivity (Wildman–Crippen MR) is 101 cm³/mol. The highest BCUT2D eigenvalue weighted by Gasteiger charge is 2.13. The number of nitrogens with zero attached hydrogens (tertiary/aromatic N) is 2. The molecule has 25 heavy (non-hydrogen) atoms. The van der Waals surface area contributed by atoms with E-state index >= 15 is 0 Å². The third kappa shape index (κ3) is 4.25. The van der Waals surface area contributed by atoms with Crippen molar-refractivity contribution in [1.82, 2.24) is 20.2 Å². The van der Waals surface area contributed by atoms with Crippen molar-refractivity contribution < 1.29 is 4.79 Å². The predicted octanol–water partition coefficient (Wildman–Crippen LogP) is 2.68. The number of hydrogen-bond acceptors (Lipinski definition) is 3. The summed E-state index contributed by atoms with van der Waals surface area (Å²) in [5.74, 6) is 0.971. The summed E-state index contributed by atoms with van der Waals surface area (Å²) in [6, 6.07) is 18.2. The number of benzene rings is 2. The van der Waals surface area contributed by atoms with E-state index < -0.39 is 0 Å². The van der Waals surface area contributed by atoms with E-state index in [1.807, 2.05) is 36.4 Å². The number of para-hydroxylation sites is 3. The molecule has 0 aliphatic rings. The quantitative estimate of drug-likeness (QED) is 0.622. The van der Waals surface area contributed by atoms with Gasteiger partial charge in [0.15, 0.2) is 0 Å². The molecule has 0 unspecified atom stereocenters. The molecule has 0 saturated carbocycles. The largest absolute Gasteiger partial charge is 0.355 e. The molecule has 1 heterocycles. The summed E-state index contributed by atoms with van der Waals surface area (Å²) in [6.45, 7) is 4.42.